The summed E-state index contributed by atoms with van der Waals surface area (Å²) in [5.74, 6) is -3.59. The Hall–Kier alpha value is -2.27. The number of hydrogen-bond donors (Lipinski definition) is 5. The van der Waals surface area contributed by atoms with Crippen LogP contribution in [0, 0.1) is 23.7 Å². The van der Waals surface area contributed by atoms with Gasteiger partial charge in [-0.25, -0.2) is 0 Å². The largest absolute Gasteiger partial charge is 0.462 e. The van der Waals surface area contributed by atoms with Crippen LogP contribution in [-0.2, 0) is 57.0 Å². The molecule has 0 aromatic rings. The number of ether oxygens (including phenoxy) is 9. The van der Waals surface area contributed by atoms with Gasteiger partial charge in [-0.15, -0.1) is 0 Å². The van der Waals surface area contributed by atoms with E-state index in [0.29, 0.717) is 12.0 Å². The minimum Gasteiger partial charge on any atom is -0.462 e. The Kier molecular flexibility index (Phi) is 20.5. The van der Waals surface area contributed by atoms with E-state index in [1.807, 2.05) is 19.9 Å². The minimum absolute atomic E-state index is 0.00788. The minimum atomic E-state index is -1.49. The zero-order valence-corrected chi connectivity index (χ0v) is 39.7. The fourth-order valence-electron chi connectivity index (χ4n) is 9.51. The maximum absolute atomic E-state index is 13.8. The summed E-state index contributed by atoms with van der Waals surface area (Å²) in [6.45, 7) is 13.6. The summed E-state index contributed by atoms with van der Waals surface area (Å²) in [7, 11) is 6.43. The highest BCUT2D eigenvalue weighted by Gasteiger charge is 2.52. The van der Waals surface area contributed by atoms with E-state index in [9.17, 15) is 39.9 Å². The van der Waals surface area contributed by atoms with Crippen molar-refractivity contribution in [3.05, 3.63) is 23.8 Å². The molecule has 0 saturated carbocycles. The topological polar surface area (TPSA) is 239 Å². The highest BCUT2D eigenvalue weighted by atomic mass is 16.7. The van der Waals surface area contributed by atoms with Crippen LogP contribution in [0.25, 0.3) is 0 Å². The lowest BCUT2D eigenvalue weighted by molar-refractivity contribution is -0.341. The first-order chi connectivity index (χ1) is 30.1. The van der Waals surface area contributed by atoms with Gasteiger partial charge in [-0.3, -0.25) is 9.59 Å². The number of carbonyl (C=O) groups is 3. The van der Waals surface area contributed by atoms with Crippen molar-refractivity contribution in [1.82, 2.24) is 4.90 Å². The van der Waals surface area contributed by atoms with Crippen molar-refractivity contribution in [3.8, 4) is 0 Å². The number of aliphatic hydroxyl groups excluding tert-OH is 4. The van der Waals surface area contributed by atoms with Crippen molar-refractivity contribution in [2.45, 2.75) is 191 Å². The van der Waals surface area contributed by atoms with Crippen LogP contribution in [0.3, 0.4) is 0 Å². The van der Waals surface area contributed by atoms with Gasteiger partial charge in [-0.1, -0.05) is 38.5 Å². The highest BCUT2D eigenvalue weighted by molar-refractivity contribution is 5.91. The number of aldehydes is 1. The van der Waals surface area contributed by atoms with Crippen LogP contribution < -0.4 is 0 Å². The number of rotatable bonds is 13. The van der Waals surface area contributed by atoms with E-state index in [2.05, 4.69) is 0 Å². The molecule has 0 unspecified atom stereocenters. The zero-order valence-electron chi connectivity index (χ0n) is 39.7. The van der Waals surface area contributed by atoms with E-state index in [1.165, 1.54) is 27.2 Å². The number of methoxy groups -OCH3 is 2. The van der Waals surface area contributed by atoms with Gasteiger partial charge < -0.3 is 77.9 Å². The van der Waals surface area contributed by atoms with E-state index in [4.69, 9.17) is 42.6 Å². The molecule has 0 aromatic heterocycles. The molecule has 0 amide bonds. The molecule has 64 heavy (non-hydrogen) atoms. The van der Waals surface area contributed by atoms with E-state index >= 15 is 0 Å². The maximum atomic E-state index is 13.8. The molecule has 3 saturated heterocycles. The van der Waals surface area contributed by atoms with E-state index in [-0.39, 0.29) is 31.7 Å². The lowest BCUT2D eigenvalue weighted by Crippen LogP contribution is -2.65. The molecule has 4 heterocycles. The van der Waals surface area contributed by atoms with Crippen LogP contribution in [0.2, 0.25) is 0 Å². The summed E-state index contributed by atoms with van der Waals surface area (Å²) >= 11 is 0. The zero-order chi connectivity index (χ0) is 47.8. The van der Waals surface area contributed by atoms with Gasteiger partial charge in [0.05, 0.1) is 55.2 Å². The number of allylic oxidation sites excluding steroid dienone is 3. The van der Waals surface area contributed by atoms with Crippen molar-refractivity contribution in [1.29, 1.82) is 0 Å². The number of nitrogens with zero attached hydrogens (tertiary/aromatic N) is 1. The molecule has 0 aliphatic carbocycles. The first-order valence-electron chi connectivity index (χ1n) is 22.7. The second-order valence-corrected chi connectivity index (χ2v) is 18.7. The Morgan fingerprint density at radius 1 is 0.859 bits per heavy atom. The average molecular weight is 916 g/mol. The molecular weight excluding hydrogens is 838 g/mol. The number of aliphatic hydroxyl groups is 5. The lowest BCUT2D eigenvalue weighted by atomic mass is 9.79. The third kappa shape index (κ3) is 13.5. The van der Waals surface area contributed by atoms with Crippen molar-refractivity contribution in [2.24, 2.45) is 23.7 Å². The summed E-state index contributed by atoms with van der Waals surface area (Å²) < 4.78 is 54.7. The normalized spacial score (nSPS) is 45.9. The van der Waals surface area contributed by atoms with Crippen molar-refractivity contribution >= 4 is 18.0 Å². The highest BCUT2D eigenvalue weighted by Crippen LogP contribution is 2.37. The lowest BCUT2D eigenvalue weighted by Gasteiger charge is -2.50. The van der Waals surface area contributed by atoms with Gasteiger partial charge in [0.25, 0.3) is 0 Å². The predicted octanol–water partition coefficient (Wildman–Crippen LogP) is 1.83. The number of ketones is 1. The molecule has 3 fully saturated rings. The second-order valence-electron chi connectivity index (χ2n) is 18.7. The first kappa shape index (κ1) is 54.3. The quantitative estimate of drug-likeness (QED) is 0.131. The van der Waals surface area contributed by atoms with Crippen molar-refractivity contribution in [2.75, 3.05) is 34.9 Å². The summed E-state index contributed by atoms with van der Waals surface area (Å²) in [5, 5.41) is 55.8. The van der Waals surface area contributed by atoms with Crippen LogP contribution in [0.15, 0.2) is 23.8 Å². The number of hydrogen-bond acceptors (Lipinski definition) is 18. The van der Waals surface area contributed by atoms with Gasteiger partial charge in [-0.2, -0.15) is 0 Å². The molecule has 4 rings (SSSR count). The van der Waals surface area contributed by atoms with Crippen LogP contribution in [-0.4, -0.2) is 187 Å². The fourth-order valence-corrected chi connectivity index (χ4v) is 9.51. The Morgan fingerprint density at radius 3 is 2.11 bits per heavy atom. The molecule has 0 radical (unpaired) electrons. The average Bonchev–Trinajstić information content (AvgIpc) is 3.23. The third-order valence-electron chi connectivity index (χ3n) is 13.4. The van der Waals surface area contributed by atoms with Crippen LogP contribution >= 0.6 is 0 Å². The number of esters is 1. The summed E-state index contributed by atoms with van der Waals surface area (Å²) in [6, 6.07) is -0.748. The van der Waals surface area contributed by atoms with Gasteiger partial charge >= 0.3 is 5.97 Å². The Labute approximate surface area is 378 Å². The number of cyclic esters (lactones) is 1. The smallest absolute Gasteiger partial charge is 0.308 e. The Balaban J connectivity index is 1.62. The monoisotopic (exact) mass is 916 g/mol. The van der Waals surface area contributed by atoms with Crippen LogP contribution in [0.1, 0.15) is 87.5 Å². The van der Waals surface area contributed by atoms with Crippen molar-refractivity contribution in [3.63, 3.8) is 0 Å². The molecule has 0 spiro atoms. The van der Waals surface area contributed by atoms with Crippen molar-refractivity contribution < 1.29 is 82.5 Å². The maximum Gasteiger partial charge on any atom is 0.308 e. The Bertz CT molecular complexity index is 1560. The second kappa shape index (κ2) is 24.1. The van der Waals surface area contributed by atoms with Crippen LogP contribution in [0.4, 0.5) is 0 Å². The molecular formula is C46H77NO17. The standard InChI is InChI=1S/C46H77NO17/c1-13-33-30(22-58-45-42(57-12)41(56-11)37(52)26(5)60-45)18-23(2)14-15-31(49)24(3)19-29(16-17-48)39(25(4)32(50)20-34(51)62-33)64-44-38(53)36(47(9)10)40(27(6)61-44)63-35-21-46(8,55)43(54)28(7)59-35/h14-15,17-18,24-30,32-33,35-45,50,52-55H,13,16,19-22H2,1-12H3/b15-14+,23-18+/t24-,25+,26-,27-,28+,29+,30-,32-,33-,35+,36-,37-,38-,39-,40-,41-,42+,43+,44+,45-,46-/m1/s1. The Morgan fingerprint density at radius 2 is 1.52 bits per heavy atom. The summed E-state index contributed by atoms with van der Waals surface area (Å²) in [6.07, 6.45) is -8.49. The molecule has 18 heteroatoms. The molecule has 18 nitrogen and oxygen atoms in total. The number of likely N-dealkylation sites (N-methyl/N-ethyl adjacent to an activating group) is 1. The summed E-state index contributed by atoms with van der Waals surface area (Å²) in [4.78, 5) is 41.5. The first-order valence-corrected chi connectivity index (χ1v) is 22.7. The van der Waals surface area contributed by atoms with Crippen LogP contribution in [0.5, 0.6) is 0 Å². The van der Waals surface area contributed by atoms with Gasteiger partial charge in [0.2, 0.25) is 0 Å². The molecule has 0 bridgehead atoms. The third-order valence-corrected chi connectivity index (χ3v) is 13.4. The molecule has 0 aromatic carbocycles. The van der Waals surface area contributed by atoms with Gasteiger partial charge in [0.15, 0.2) is 24.7 Å². The van der Waals surface area contributed by atoms with Gasteiger partial charge in [-0.05, 0) is 73.5 Å². The molecule has 4 aliphatic rings. The van der Waals surface area contributed by atoms with Gasteiger partial charge in [0.1, 0.15) is 49.0 Å². The van der Waals surface area contributed by atoms with E-state index in [0.717, 1.165) is 6.29 Å². The van der Waals surface area contributed by atoms with E-state index < -0.39 is 140 Å². The summed E-state index contributed by atoms with van der Waals surface area (Å²) in [5.41, 5.74) is -0.806. The van der Waals surface area contributed by atoms with E-state index in [1.54, 1.807) is 59.7 Å². The molecule has 368 valence electrons. The molecule has 21 atom stereocenters. The SMILES string of the molecule is CC[C@H]1OC(=O)C[C@@H](O)[C@H](C)[C@@H](O[C@@H]2O[C@H](C)[C@@H](O[C@H]3C[C@@](C)(O)[C@@H](O)[C@H](C)O3)[C@H](N(C)C)[C@H]2O)[C@@H](CC=O)C[C@@H](C)C(=O)/C=C/C(C)=C/[C@@H]1CO[C@@H]1O[C@H](C)[C@@H](O)[C@@H](OC)[C@@H]1OC. The predicted molar refractivity (Wildman–Crippen MR) is 230 cm³/mol. The number of carbonyl (C=O) groups excluding carboxylic acids is 3. The molecule has 4 aliphatic heterocycles. The molecule has 5 N–H and O–H groups in total. The van der Waals surface area contributed by atoms with Gasteiger partial charge in [0, 0.05) is 44.8 Å². The fraction of sp³-hybridized carbons (Fsp3) is 0.848.